The molecule has 1 aliphatic rings. The van der Waals surface area contributed by atoms with Gasteiger partial charge in [-0.1, -0.05) is 59.9 Å². The molecule has 36 heavy (non-hydrogen) atoms. The molecule has 0 spiro atoms. The molecule has 0 unspecified atom stereocenters. The molecule has 182 valence electrons. The smallest absolute Gasteiger partial charge is 0.271 e. The molecule has 7 nitrogen and oxygen atoms in total. The van der Waals surface area contributed by atoms with Gasteiger partial charge in [0.2, 0.25) is 0 Å². The molecular weight excluding hydrogens is 470 g/mol. The number of hydrogen-bond donors (Lipinski definition) is 1. The van der Waals surface area contributed by atoms with Crippen molar-refractivity contribution in [1.29, 1.82) is 0 Å². The van der Waals surface area contributed by atoms with Gasteiger partial charge in [-0.05, 0) is 51.0 Å². The maximum atomic E-state index is 13.8. The van der Waals surface area contributed by atoms with Gasteiger partial charge in [-0.2, -0.15) is 5.10 Å². The van der Waals surface area contributed by atoms with E-state index in [-0.39, 0.29) is 11.5 Å². The number of nitrogens with one attached hydrogen (secondary N) is 1. The highest BCUT2D eigenvalue weighted by Gasteiger charge is 2.32. The van der Waals surface area contributed by atoms with Crippen molar-refractivity contribution >= 4 is 29.0 Å². The standard InChI is InChI=1S/C28H27N5O2S/c1-5-32-16-21(18(3)31-32)15-23-27(35)33-25(20-12-7-6-8-13-20)24(19(4)29-28(33)36-23)26(34)30-22-14-10-9-11-17(22)2/h6-16,25H,5H2,1-4H3,(H,30,34)/b23-15+/t25-/m0/s1. The molecule has 1 aliphatic heterocycles. The number of aromatic nitrogens is 3. The number of hydrogen-bond acceptors (Lipinski definition) is 5. The molecule has 4 aromatic rings. The summed E-state index contributed by atoms with van der Waals surface area (Å²) in [4.78, 5) is 32.7. The van der Waals surface area contributed by atoms with Gasteiger partial charge in [0.15, 0.2) is 4.80 Å². The highest BCUT2D eigenvalue weighted by Crippen LogP contribution is 2.31. The Kier molecular flexibility index (Phi) is 6.28. The number of benzene rings is 2. The predicted molar refractivity (Wildman–Crippen MR) is 143 cm³/mol. The number of carbonyl (C=O) groups is 1. The number of rotatable bonds is 5. The number of allylic oxidation sites excluding steroid dienone is 1. The SMILES string of the molecule is CCn1cc(/C=c2/sc3n(c2=O)[C@@H](c2ccccc2)C(C(=O)Nc2ccccc2C)=C(C)N=3)c(C)n1. The number of carbonyl (C=O) groups excluding carboxylic acids is 1. The second-order valence-corrected chi connectivity index (χ2v) is 9.80. The first kappa shape index (κ1) is 23.7. The molecule has 3 heterocycles. The highest BCUT2D eigenvalue weighted by atomic mass is 32.1. The van der Waals surface area contributed by atoms with E-state index in [0.717, 1.165) is 34.6 Å². The van der Waals surface area contributed by atoms with Crippen molar-refractivity contribution in [3.05, 3.63) is 114 Å². The Hall–Kier alpha value is -4.04. The predicted octanol–water partition coefficient (Wildman–Crippen LogP) is 3.71. The first-order valence-corrected chi connectivity index (χ1v) is 12.7. The third kappa shape index (κ3) is 4.24. The third-order valence-electron chi connectivity index (χ3n) is 6.37. The first-order valence-electron chi connectivity index (χ1n) is 11.9. The van der Waals surface area contributed by atoms with Crippen molar-refractivity contribution < 1.29 is 4.79 Å². The molecule has 0 radical (unpaired) electrons. The Labute approximate surface area is 212 Å². The van der Waals surface area contributed by atoms with Crippen molar-refractivity contribution in [1.82, 2.24) is 14.3 Å². The lowest BCUT2D eigenvalue weighted by Gasteiger charge is -2.25. The average Bonchev–Trinajstić information content (AvgIpc) is 3.38. The fourth-order valence-corrected chi connectivity index (χ4v) is 5.48. The highest BCUT2D eigenvalue weighted by molar-refractivity contribution is 7.07. The number of fused-ring (bicyclic) bond motifs is 1. The minimum absolute atomic E-state index is 0.176. The van der Waals surface area contributed by atoms with Gasteiger partial charge in [-0.15, -0.1) is 0 Å². The second-order valence-electron chi connectivity index (χ2n) is 8.79. The van der Waals surface area contributed by atoms with Crippen molar-refractivity contribution in [3.63, 3.8) is 0 Å². The Balaban J connectivity index is 1.67. The molecule has 0 fully saturated rings. The molecule has 2 aromatic carbocycles. The Morgan fingerprint density at radius 2 is 1.81 bits per heavy atom. The molecule has 0 bridgehead atoms. The quantitative estimate of drug-likeness (QED) is 0.457. The summed E-state index contributed by atoms with van der Waals surface area (Å²) in [6.45, 7) is 8.48. The van der Waals surface area contributed by atoms with Crippen LogP contribution < -0.4 is 20.2 Å². The summed E-state index contributed by atoms with van der Waals surface area (Å²) in [5, 5.41) is 7.53. The summed E-state index contributed by atoms with van der Waals surface area (Å²) in [5.41, 5.74) is 5.17. The van der Waals surface area contributed by atoms with E-state index in [1.807, 2.05) is 99.2 Å². The molecule has 1 N–H and O–H groups in total. The lowest BCUT2D eigenvalue weighted by atomic mass is 9.95. The molecule has 0 saturated heterocycles. The number of aryl methyl sites for hydroxylation is 3. The lowest BCUT2D eigenvalue weighted by Crippen LogP contribution is -2.40. The van der Waals surface area contributed by atoms with Crippen LogP contribution in [0.25, 0.3) is 6.08 Å². The Bertz CT molecular complexity index is 1670. The number of thiazole rings is 1. The van der Waals surface area contributed by atoms with Gasteiger partial charge in [-0.25, -0.2) is 4.99 Å². The molecule has 5 rings (SSSR count). The largest absolute Gasteiger partial charge is 0.322 e. The van der Waals surface area contributed by atoms with Crippen molar-refractivity contribution in [3.8, 4) is 0 Å². The van der Waals surface area contributed by atoms with E-state index in [4.69, 9.17) is 4.99 Å². The normalized spacial score (nSPS) is 15.6. The van der Waals surface area contributed by atoms with Crippen molar-refractivity contribution in [2.75, 3.05) is 5.32 Å². The van der Waals surface area contributed by atoms with Crippen LogP contribution in [0.15, 0.2) is 81.9 Å². The molecule has 8 heteroatoms. The van der Waals surface area contributed by atoms with E-state index in [1.165, 1.54) is 11.3 Å². The fraction of sp³-hybridized carbons (Fsp3) is 0.214. The van der Waals surface area contributed by atoms with Gasteiger partial charge in [0, 0.05) is 24.0 Å². The Morgan fingerprint density at radius 3 is 2.50 bits per heavy atom. The molecule has 2 aromatic heterocycles. The van der Waals surface area contributed by atoms with Crippen LogP contribution in [-0.4, -0.2) is 20.3 Å². The van der Waals surface area contributed by atoms with E-state index < -0.39 is 6.04 Å². The van der Waals surface area contributed by atoms with Crippen LogP contribution in [0.5, 0.6) is 0 Å². The van der Waals surface area contributed by atoms with Crippen LogP contribution in [0.4, 0.5) is 5.69 Å². The van der Waals surface area contributed by atoms with Crippen LogP contribution in [-0.2, 0) is 11.3 Å². The van der Waals surface area contributed by atoms with Crippen LogP contribution in [0.1, 0.15) is 42.3 Å². The minimum atomic E-state index is -0.590. The van der Waals surface area contributed by atoms with E-state index >= 15 is 0 Å². The van der Waals surface area contributed by atoms with Gasteiger partial charge >= 0.3 is 0 Å². The van der Waals surface area contributed by atoms with Crippen molar-refractivity contribution in [2.45, 2.75) is 40.3 Å². The van der Waals surface area contributed by atoms with Gasteiger partial charge in [0.05, 0.1) is 27.5 Å². The number of nitrogens with zero attached hydrogens (tertiary/aromatic N) is 4. The molecule has 0 saturated carbocycles. The van der Waals surface area contributed by atoms with Gasteiger partial charge in [-0.3, -0.25) is 18.8 Å². The summed E-state index contributed by atoms with van der Waals surface area (Å²) < 4.78 is 4.05. The van der Waals surface area contributed by atoms with Crippen LogP contribution in [0.3, 0.4) is 0 Å². The lowest BCUT2D eigenvalue weighted by molar-refractivity contribution is -0.113. The monoisotopic (exact) mass is 497 g/mol. The summed E-state index contributed by atoms with van der Waals surface area (Å²) >= 11 is 1.33. The summed E-state index contributed by atoms with van der Waals surface area (Å²) in [7, 11) is 0. The fourth-order valence-electron chi connectivity index (χ4n) is 4.44. The van der Waals surface area contributed by atoms with Gasteiger partial charge in [0.1, 0.15) is 0 Å². The van der Waals surface area contributed by atoms with Gasteiger partial charge < -0.3 is 5.32 Å². The number of amides is 1. The molecule has 0 aliphatic carbocycles. The molecule has 1 atom stereocenters. The second kappa shape index (κ2) is 9.54. The zero-order valence-electron chi connectivity index (χ0n) is 20.6. The van der Waals surface area contributed by atoms with Crippen LogP contribution >= 0.6 is 11.3 Å². The average molecular weight is 498 g/mol. The maximum Gasteiger partial charge on any atom is 0.271 e. The van der Waals surface area contributed by atoms with E-state index in [2.05, 4.69) is 10.4 Å². The summed E-state index contributed by atoms with van der Waals surface area (Å²) in [6.07, 6.45) is 3.81. The molecular formula is C28H27N5O2S. The van der Waals surface area contributed by atoms with Crippen LogP contribution in [0, 0.1) is 13.8 Å². The zero-order chi connectivity index (χ0) is 25.4. The maximum absolute atomic E-state index is 13.8. The topological polar surface area (TPSA) is 81.3 Å². The zero-order valence-corrected chi connectivity index (χ0v) is 21.5. The van der Waals surface area contributed by atoms with Crippen LogP contribution in [0.2, 0.25) is 0 Å². The van der Waals surface area contributed by atoms with E-state index in [9.17, 15) is 9.59 Å². The van der Waals surface area contributed by atoms with Crippen molar-refractivity contribution in [2.24, 2.45) is 4.99 Å². The third-order valence-corrected chi connectivity index (χ3v) is 7.35. The number of para-hydroxylation sites is 1. The van der Waals surface area contributed by atoms with E-state index in [1.54, 1.807) is 4.57 Å². The Morgan fingerprint density at radius 1 is 1.08 bits per heavy atom. The van der Waals surface area contributed by atoms with Gasteiger partial charge in [0.25, 0.3) is 11.5 Å². The first-order chi connectivity index (χ1) is 17.4. The summed E-state index contributed by atoms with van der Waals surface area (Å²) in [6, 6.07) is 16.7. The minimum Gasteiger partial charge on any atom is -0.322 e. The summed E-state index contributed by atoms with van der Waals surface area (Å²) in [5.74, 6) is -0.270. The van der Waals surface area contributed by atoms with E-state index in [0.29, 0.717) is 20.6 Å². The molecule has 1 amide bonds. The number of anilines is 1.